The highest BCUT2D eigenvalue weighted by molar-refractivity contribution is 5.88. The number of nitrogens with zero attached hydrogens (tertiary/aromatic N) is 2. The van der Waals surface area contributed by atoms with Crippen molar-refractivity contribution >= 4 is 16.6 Å². The Hall–Kier alpha value is -3.42. The zero-order valence-electron chi connectivity index (χ0n) is 15.6. The van der Waals surface area contributed by atoms with Crippen LogP contribution >= 0.6 is 0 Å². The summed E-state index contributed by atoms with van der Waals surface area (Å²) in [5.41, 5.74) is 0.234. The van der Waals surface area contributed by atoms with Crippen molar-refractivity contribution in [1.82, 2.24) is 4.98 Å². The lowest BCUT2D eigenvalue weighted by Crippen LogP contribution is -2.05. The van der Waals surface area contributed by atoms with Crippen LogP contribution in [0.4, 0.5) is 10.1 Å². The first-order valence-corrected chi connectivity index (χ1v) is 8.60. The van der Waals surface area contributed by atoms with Crippen LogP contribution in [0.25, 0.3) is 10.9 Å². The minimum Gasteiger partial charge on any atom is -0.493 e. The first kappa shape index (κ1) is 19.3. The minimum absolute atomic E-state index is 0.128. The van der Waals surface area contributed by atoms with Gasteiger partial charge in [0.15, 0.2) is 23.1 Å². The third-order valence-electron chi connectivity index (χ3n) is 3.91. The van der Waals surface area contributed by atoms with Crippen molar-refractivity contribution in [2.75, 3.05) is 13.7 Å². The molecule has 0 unspecified atom stereocenters. The van der Waals surface area contributed by atoms with E-state index in [9.17, 15) is 14.5 Å². The van der Waals surface area contributed by atoms with Crippen LogP contribution < -0.4 is 14.2 Å². The molecule has 0 atom stereocenters. The van der Waals surface area contributed by atoms with Gasteiger partial charge in [0.25, 0.3) is 5.69 Å². The van der Waals surface area contributed by atoms with Crippen molar-refractivity contribution < 1.29 is 23.5 Å². The predicted octanol–water partition coefficient (Wildman–Crippen LogP) is 5.12. The summed E-state index contributed by atoms with van der Waals surface area (Å²) in [6.45, 7) is 4.60. The van der Waals surface area contributed by atoms with Gasteiger partial charge in [-0.25, -0.2) is 4.39 Å². The van der Waals surface area contributed by atoms with Crippen molar-refractivity contribution in [2.45, 2.75) is 13.8 Å². The Morgan fingerprint density at radius 1 is 1.11 bits per heavy atom. The highest BCUT2D eigenvalue weighted by Crippen LogP contribution is 2.38. The Balaban J connectivity index is 1.99. The van der Waals surface area contributed by atoms with Crippen LogP contribution in [0, 0.1) is 21.8 Å². The molecule has 0 radical (unpaired) electrons. The third-order valence-corrected chi connectivity index (χ3v) is 3.91. The smallest absolute Gasteiger partial charge is 0.272 e. The summed E-state index contributed by atoms with van der Waals surface area (Å²) in [6.07, 6.45) is 1.53. The van der Waals surface area contributed by atoms with E-state index in [1.54, 1.807) is 18.2 Å². The van der Waals surface area contributed by atoms with Gasteiger partial charge in [-0.2, -0.15) is 0 Å². The van der Waals surface area contributed by atoms with Gasteiger partial charge in [-0.1, -0.05) is 13.8 Å². The van der Waals surface area contributed by atoms with Crippen LogP contribution in [-0.2, 0) is 0 Å². The molecule has 3 aromatic rings. The normalized spacial score (nSPS) is 10.9. The molecular formula is C20H19FN2O5. The van der Waals surface area contributed by atoms with E-state index in [1.807, 2.05) is 13.8 Å². The Labute approximate surface area is 160 Å². The van der Waals surface area contributed by atoms with E-state index in [0.717, 1.165) is 6.07 Å². The maximum Gasteiger partial charge on any atom is 0.272 e. The number of methoxy groups -OCH3 is 1. The summed E-state index contributed by atoms with van der Waals surface area (Å²) >= 11 is 0. The molecule has 1 heterocycles. The molecule has 0 bridgehead atoms. The van der Waals surface area contributed by atoms with Gasteiger partial charge in [0.2, 0.25) is 0 Å². The number of rotatable bonds is 7. The van der Waals surface area contributed by atoms with Gasteiger partial charge < -0.3 is 14.2 Å². The molecule has 7 nitrogen and oxygen atoms in total. The van der Waals surface area contributed by atoms with Crippen molar-refractivity contribution in [1.29, 1.82) is 0 Å². The number of pyridine rings is 1. The second-order valence-corrected chi connectivity index (χ2v) is 6.51. The maximum atomic E-state index is 14.2. The number of fused-ring (bicyclic) bond motifs is 1. The number of halogens is 1. The highest BCUT2D eigenvalue weighted by atomic mass is 19.1. The minimum atomic E-state index is -0.831. The van der Waals surface area contributed by atoms with Gasteiger partial charge in [0, 0.05) is 23.7 Å². The van der Waals surface area contributed by atoms with Crippen LogP contribution in [0.1, 0.15) is 13.8 Å². The van der Waals surface area contributed by atoms with E-state index in [2.05, 4.69) is 4.98 Å². The van der Waals surface area contributed by atoms with Crippen LogP contribution in [0.3, 0.4) is 0 Å². The van der Waals surface area contributed by atoms with Crippen LogP contribution in [0.2, 0.25) is 0 Å². The van der Waals surface area contributed by atoms with Crippen molar-refractivity contribution in [3.8, 4) is 23.0 Å². The summed E-state index contributed by atoms with van der Waals surface area (Å²) in [5.74, 6) is 0.768. The number of ether oxygens (including phenoxy) is 3. The lowest BCUT2D eigenvalue weighted by atomic mass is 10.1. The summed E-state index contributed by atoms with van der Waals surface area (Å²) in [4.78, 5) is 14.4. The summed E-state index contributed by atoms with van der Waals surface area (Å²) in [7, 11) is 1.52. The number of nitro groups is 1. The standard InChI is InChI=1S/C20H19FN2O5/c1-12(2)11-27-20-10-16-14(9-19(20)26-3)17(6-7-22-16)28-18-5-4-13(23(24)25)8-15(18)21/h4-10,12H,11H2,1-3H3. The Morgan fingerprint density at radius 3 is 2.54 bits per heavy atom. The fraction of sp³-hybridized carbons (Fsp3) is 0.250. The zero-order valence-corrected chi connectivity index (χ0v) is 15.6. The first-order valence-electron chi connectivity index (χ1n) is 8.60. The van der Waals surface area contributed by atoms with Crippen LogP contribution in [0.5, 0.6) is 23.0 Å². The van der Waals surface area contributed by atoms with Gasteiger partial charge in [-0.15, -0.1) is 0 Å². The van der Waals surface area contributed by atoms with Crippen LogP contribution in [-0.4, -0.2) is 23.6 Å². The lowest BCUT2D eigenvalue weighted by Gasteiger charge is -2.15. The number of hydrogen-bond acceptors (Lipinski definition) is 6. The molecule has 0 saturated carbocycles. The molecule has 1 aromatic heterocycles. The Kier molecular flexibility index (Phi) is 5.58. The number of aromatic nitrogens is 1. The zero-order chi connectivity index (χ0) is 20.3. The second-order valence-electron chi connectivity index (χ2n) is 6.51. The van der Waals surface area contributed by atoms with Gasteiger partial charge in [-0.05, 0) is 24.1 Å². The molecular weight excluding hydrogens is 367 g/mol. The Morgan fingerprint density at radius 2 is 1.89 bits per heavy atom. The van der Waals surface area contributed by atoms with Crippen molar-refractivity contribution in [3.63, 3.8) is 0 Å². The van der Waals surface area contributed by atoms with Gasteiger partial charge in [0.1, 0.15) is 5.75 Å². The summed E-state index contributed by atoms with van der Waals surface area (Å²) < 4.78 is 31.0. The number of hydrogen-bond donors (Lipinski definition) is 0. The molecule has 0 amide bonds. The SMILES string of the molecule is COc1cc2c(Oc3ccc([N+](=O)[O-])cc3F)ccnc2cc1OCC(C)C. The van der Waals surface area contributed by atoms with E-state index in [1.165, 1.54) is 25.4 Å². The molecule has 0 aliphatic carbocycles. The molecule has 146 valence electrons. The van der Waals surface area contributed by atoms with Crippen molar-refractivity contribution in [2.24, 2.45) is 5.92 Å². The van der Waals surface area contributed by atoms with Gasteiger partial charge >= 0.3 is 0 Å². The number of benzene rings is 2. The van der Waals surface area contributed by atoms with E-state index in [4.69, 9.17) is 14.2 Å². The van der Waals surface area contributed by atoms with E-state index < -0.39 is 10.7 Å². The molecule has 0 saturated heterocycles. The first-order chi connectivity index (χ1) is 13.4. The molecule has 0 aliphatic rings. The average Bonchev–Trinajstić information content (AvgIpc) is 2.67. The quantitative estimate of drug-likeness (QED) is 0.414. The summed E-state index contributed by atoms with van der Waals surface area (Å²) in [5, 5.41) is 11.4. The third kappa shape index (κ3) is 4.11. The number of nitro benzene ring substituents is 1. The summed E-state index contributed by atoms with van der Waals surface area (Å²) in [6, 6.07) is 8.23. The maximum absolute atomic E-state index is 14.2. The Bertz CT molecular complexity index is 1020. The van der Waals surface area contributed by atoms with Gasteiger partial charge in [-0.3, -0.25) is 15.1 Å². The fourth-order valence-electron chi connectivity index (χ4n) is 2.55. The van der Waals surface area contributed by atoms with Crippen LogP contribution in [0.15, 0.2) is 42.6 Å². The highest BCUT2D eigenvalue weighted by Gasteiger charge is 2.16. The average molecular weight is 386 g/mol. The van der Waals surface area contributed by atoms with E-state index in [-0.39, 0.29) is 11.4 Å². The molecule has 8 heteroatoms. The molecule has 2 aromatic carbocycles. The molecule has 0 aliphatic heterocycles. The largest absolute Gasteiger partial charge is 0.493 e. The lowest BCUT2D eigenvalue weighted by molar-refractivity contribution is -0.385. The molecule has 0 spiro atoms. The van der Waals surface area contributed by atoms with E-state index >= 15 is 0 Å². The molecule has 28 heavy (non-hydrogen) atoms. The van der Waals surface area contributed by atoms with Crippen molar-refractivity contribution in [3.05, 3.63) is 58.5 Å². The molecule has 3 rings (SSSR count). The molecule has 0 N–H and O–H groups in total. The van der Waals surface area contributed by atoms with E-state index in [0.29, 0.717) is 40.7 Å². The number of non-ortho nitro benzene ring substituents is 1. The molecule has 0 fully saturated rings. The monoisotopic (exact) mass is 386 g/mol. The topological polar surface area (TPSA) is 83.7 Å². The van der Waals surface area contributed by atoms with Gasteiger partial charge in [0.05, 0.1) is 30.2 Å². The predicted molar refractivity (Wildman–Crippen MR) is 102 cm³/mol. The second kappa shape index (κ2) is 8.08. The fourth-order valence-corrected chi connectivity index (χ4v) is 2.55.